The number of carbonyl (C=O) groups excluding carboxylic acids is 2. The van der Waals surface area contributed by atoms with Crippen molar-refractivity contribution in [1.29, 1.82) is 0 Å². The van der Waals surface area contributed by atoms with Crippen LogP contribution in [-0.4, -0.2) is 38.4 Å². The lowest BCUT2D eigenvalue weighted by Gasteiger charge is -2.21. The van der Waals surface area contributed by atoms with Crippen LogP contribution in [0.3, 0.4) is 0 Å². The summed E-state index contributed by atoms with van der Waals surface area (Å²) in [5, 5.41) is 18.8. The third kappa shape index (κ3) is 17.5. The van der Waals surface area contributed by atoms with Crippen molar-refractivity contribution in [2.24, 2.45) is 5.73 Å². The van der Waals surface area contributed by atoms with Gasteiger partial charge in [-0.25, -0.2) is 4.79 Å². The molecule has 0 spiro atoms. The molecule has 0 rings (SSSR count). The van der Waals surface area contributed by atoms with Crippen LogP contribution in [-0.2, 0) is 14.4 Å². The number of hydrogen-bond acceptors (Lipinski definition) is 4. The Hall–Kier alpha value is -1.64. The number of carbonyl (C=O) groups is 4. The molecule has 9 heteroatoms. The van der Waals surface area contributed by atoms with Gasteiger partial charge < -0.3 is 15.9 Å². The molecule has 158 valence electrons. The molecular weight excluding hydrogens is 420 g/mol. The first-order valence-electron chi connectivity index (χ1n) is 9.32. The number of aliphatic carboxylic acids is 2. The molecule has 0 aliphatic rings. The highest BCUT2D eigenvalue weighted by atomic mass is 79.9. The van der Waals surface area contributed by atoms with Crippen LogP contribution in [0.5, 0.6) is 0 Å². The summed E-state index contributed by atoms with van der Waals surface area (Å²) in [4.78, 5) is 42.0. The number of hydrogen-bond donors (Lipinski definition) is 4. The Morgan fingerprint density at radius 1 is 0.815 bits per heavy atom. The summed E-state index contributed by atoms with van der Waals surface area (Å²) in [6.45, 7) is 3.72. The van der Waals surface area contributed by atoms with Crippen molar-refractivity contribution in [3.63, 3.8) is 0 Å². The fraction of sp³-hybridized carbons (Fsp3) is 0.778. The summed E-state index contributed by atoms with van der Waals surface area (Å²) in [5.41, 5.74) is 4.81. The Labute approximate surface area is 169 Å². The second kappa shape index (κ2) is 16.5. The molecule has 0 aromatic heterocycles. The van der Waals surface area contributed by atoms with Gasteiger partial charge in [0.15, 0.2) is 0 Å². The van der Waals surface area contributed by atoms with Gasteiger partial charge in [0.05, 0.1) is 0 Å². The minimum Gasteiger partial charge on any atom is -0.481 e. The molecule has 3 amide bonds. The van der Waals surface area contributed by atoms with Crippen LogP contribution >= 0.6 is 15.9 Å². The Morgan fingerprint density at radius 3 is 1.41 bits per heavy atom. The first-order valence-corrected chi connectivity index (χ1v) is 10.1. The summed E-state index contributed by atoms with van der Waals surface area (Å²) < 4.78 is -0.665. The largest absolute Gasteiger partial charge is 0.481 e. The van der Waals surface area contributed by atoms with E-state index in [0.717, 1.165) is 44.9 Å². The Balaban J connectivity index is 0. The molecule has 0 aliphatic carbocycles. The molecule has 0 heterocycles. The molecule has 8 nitrogen and oxygen atoms in total. The smallest absolute Gasteiger partial charge is 0.318 e. The van der Waals surface area contributed by atoms with E-state index in [2.05, 4.69) is 15.9 Å². The maximum atomic E-state index is 11.3. The highest BCUT2D eigenvalue weighted by Gasteiger charge is 2.32. The predicted molar refractivity (Wildman–Crippen MR) is 107 cm³/mol. The standard InChI is InChI=1S/C11H20O4.C7H13BrN2O2/c12-10(13)8-6-4-2-1-3-5-7-9-11(14)15;1-3-7(8,4-2)5(11)10-6(9)12/h1-9H2,(H,12,13)(H,14,15);3-4H2,1-2H3,(H3,9,10,11,12). The van der Waals surface area contributed by atoms with Gasteiger partial charge in [-0.1, -0.05) is 61.9 Å². The number of imide groups is 1. The summed E-state index contributed by atoms with van der Waals surface area (Å²) in [6, 6.07) is -0.814. The van der Waals surface area contributed by atoms with E-state index in [0.29, 0.717) is 12.8 Å². The Kier molecular flexibility index (Phi) is 16.9. The van der Waals surface area contributed by atoms with Crippen molar-refractivity contribution < 1.29 is 29.4 Å². The van der Waals surface area contributed by atoms with Gasteiger partial charge in [0.1, 0.15) is 4.32 Å². The molecule has 0 saturated heterocycles. The number of nitrogens with two attached hydrogens (primary N) is 1. The molecule has 0 aromatic carbocycles. The van der Waals surface area contributed by atoms with Crippen LogP contribution in [0.15, 0.2) is 0 Å². The minimum absolute atomic E-state index is 0.263. The lowest BCUT2D eigenvalue weighted by Crippen LogP contribution is -2.46. The number of carboxylic acids is 2. The third-order valence-corrected chi connectivity index (χ3v) is 5.53. The van der Waals surface area contributed by atoms with Crippen molar-refractivity contribution in [3.8, 4) is 0 Å². The van der Waals surface area contributed by atoms with Gasteiger partial charge in [0, 0.05) is 12.8 Å². The van der Waals surface area contributed by atoms with Crippen molar-refractivity contribution in [1.82, 2.24) is 5.32 Å². The minimum atomic E-state index is -0.814. The second-order valence-electron chi connectivity index (χ2n) is 6.25. The fourth-order valence-electron chi connectivity index (χ4n) is 2.23. The van der Waals surface area contributed by atoms with E-state index in [1.165, 1.54) is 0 Å². The van der Waals surface area contributed by atoms with Gasteiger partial charge >= 0.3 is 18.0 Å². The first kappa shape index (κ1) is 27.6. The zero-order valence-electron chi connectivity index (χ0n) is 16.3. The summed E-state index contributed by atoms with van der Waals surface area (Å²) in [7, 11) is 0. The average molecular weight is 453 g/mol. The van der Waals surface area contributed by atoms with Crippen molar-refractivity contribution in [2.75, 3.05) is 0 Å². The highest BCUT2D eigenvalue weighted by molar-refractivity contribution is 9.10. The highest BCUT2D eigenvalue weighted by Crippen LogP contribution is 2.26. The zero-order valence-corrected chi connectivity index (χ0v) is 17.8. The first-order chi connectivity index (χ1) is 12.6. The Bertz CT molecular complexity index is 447. The summed E-state index contributed by atoms with van der Waals surface area (Å²) >= 11 is 3.26. The molecular formula is C18H33BrN2O6. The molecule has 0 saturated carbocycles. The number of halogens is 1. The summed E-state index contributed by atoms with van der Waals surface area (Å²) in [6.07, 6.45) is 8.38. The Morgan fingerprint density at radius 2 is 1.15 bits per heavy atom. The van der Waals surface area contributed by atoms with Gasteiger partial charge in [-0.3, -0.25) is 19.7 Å². The van der Waals surface area contributed by atoms with E-state index >= 15 is 0 Å². The van der Waals surface area contributed by atoms with Gasteiger partial charge in [0.2, 0.25) is 5.91 Å². The molecule has 0 unspecified atom stereocenters. The number of urea groups is 1. The molecule has 27 heavy (non-hydrogen) atoms. The summed E-state index contributed by atoms with van der Waals surface area (Å²) in [5.74, 6) is -1.83. The molecule has 0 radical (unpaired) electrons. The van der Waals surface area contributed by atoms with Gasteiger partial charge in [-0.05, 0) is 25.7 Å². The lowest BCUT2D eigenvalue weighted by molar-refractivity contribution is -0.138. The van der Waals surface area contributed by atoms with Gasteiger partial charge in [-0.15, -0.1) is 0 Å². The number of alkyl halides is 1. The van der Waals surface area contributed by atoms with Crippen molar-refractivity contribution in [3.05, 3.63) is 0 Å². The number of amides is 3. The number of primary amides is 1. The SMILES string of the molecule is CCC(Br)(CC)C(=O)NC(N)=O.O=C(O)CCCCCCCCCC(=O)O. The van der Waals surface area contributed by atoms with E-state index in [-0.39, 0.29) is 18.7 Å². The monoisotopic (exact) mass is 452 g/mol. The number of carboxylic acid groups (broad SMARTS) is 2. The van der Waals surface area contributed by atoms with Crippen LogP contribution in [0.4, 0.5) is 4.79 Å². The number of nitrogens with one attached hydrogen (secondary N) is 1. The predicted octanol–water partition coefficient (Wildman–Crippen LogP) is 3.80. The van der Waals surface area contributed by atoms with E-state index in [1.807, 2.05) is 19.2 Å². The molecule has 0 fully saturated rings. The van der Waals surface area contributed by atoms with E-state index in [1.54, 1.807) is 0 Å². The van der Waals surface area contributed by atoms with Crippen molar-refractivity contribution in [2.45, 2.75) is 88.8 Å². The maximum absolute atomic E-state index is 11.3. The normalized spacial score (nSPS) is 10.5. The maximum Gasteiger partial charge on any atom is 0.318 e. The van der Waals surface area contributed by atoms with E-state index < -0.39 is 22.3 Å². The second-order valence-corrected chi connectivity index (χ2v) is 7.77. The topological polar surface area (TPSA) is 147 Å². The molecule has 0 bridgehead atoms. The van der Waals surface area contributed by atoms with Crippen molar-refractivity contribution >= 4 is 39.8 Å². The molecule has 0 aliphatic heterocycles. The van der Waals surface area contributed by atoms with E-state index in [4.69, 9.17) is 15.9 Å². The fourth-order valence-corrected chi connectivity index (χ4v) is 2.33. The molecule has 5 N–H and O–H groups in total. The van der Waals surface area contributed by atoms with E-state index in [9.17, 15) is 19.2 Å². The molecule has 0 atom stereocenters. The van der Waals surface area contributed by atoms with Crippen LogP contribution in [0.25, 0.3) is 0 Å². The van der Waals surface area contributed by atoms with Crippen LogP contribution in [0.1, 0.15) is 84.5 Å². The van der Waals surface area contributed by atoms with Crippen LogP contribution in [0.2, 0.25) is 0 Å². The molecule has 0 aromatic rings. The van der Waals surface area contributed by atoms with Crippen LogP contribution < -0.4 is 11.1 Å². The lowest BCUT2D eigenvalue weighted by atomic mass is 10.0. The van der Waals surface area contributed by atoms with Crippen LogP contribution in [0, 0.1) is 0 Å². The third-order valence-electron chi connectivity index (χ3n) is 4.05. The number of unbranched alkanes of at least 4 members (excludes halogenated alkanes) is 6. The zero-order chi connectivity index (χ0) is 21.3. The average Bonchev–Trinajstić information content (AvgIpc) is 2.59. The number of rotatable bonds is 13. The quantitative estimate of drug-likeness (QED) is 0.246. The van der Waals surface area contributed by atoms with Gasteiger partial charge in [-0.2, -0.15) is 0 Å². The van der Waals surface area contributed by atoms with Gasteiger partial charge in [0.25, 0.3) is 0 Å².